The zero-order chi connectivity index (χ0) is 21.2. The van der Waals surface area contributed by atoms with Crippen molar-refractivity contribution in [2.45, 2.75) is 24.5 Å². The van der Waals surface area contributed by atoms with Crippen molar-refractivity contribution in [3.05, 3.63) is 47.3 Å². The molecule has 1 aromatic heterocycles. The standard InChI is InChI=1S/C17H19F3N4O4S/c1-12-10-14(22-28-12)11-21-16(25)23-6-8-24(9-7-23)29(26,27)15-4-2-13(3-5-15)17(18,19)20/h2-5,10H,6-9,11H2,1H3,(H,21,25). The molecule has 2 amide bonds. The van der Waals surface area contributed by atoms with Gasteiger partial charge in [0.05, 0.1) is 17.0 Å². The maximum Gasteiger partial charge on any atom is 0.416 e. The zero-order valence-electron chi connectivity index (χ0n) is 15.4. The number of aromatic nitrogens is 1. The second-order valence-electron chi connectivity index (χ2n) is 6.50. The van der Waals surface area contributed by atoms with Gasteiger partial charge in [-0.25, -0.2) is 13.2 Å². The average Bonchev–Trinajstić information content (AvgIpc) is 3.11. The number of hydrogen-bond donors (Lipinski definition) is 1. The summed E-state index contributed by atoms with van der Waals surface area (Å²) in [6, 6.07) is 4.69. The minimum Gasteiger partial charge on any atom is -0.361 e. The van der Waals surface area contributed by atoms with Crippen LogP contribution in [0.1, 0.15) is 17.0 Å². The molecule has 0 aliphatic carbocycles. The highest BCUT2D eigenvalue weighted by Gasteiger charge is 2.33. The normalized spacial score (nSPS) is 16.1. The fraction of sp³-hybridized carbons (Fsp3) is 0.412. The van der Waals surface area contributed by atoms with E-state index in [0.29, 0.717) is 11.5 Å². The van der Waals surface area contributed by atoms with Gasteiger partial charge in [0.15, 0.2) is 0 Å². The van der Waals surface area contributed by atoms with Gasteiger partial charge in [-0.1, -0.05) is 5.16 Å². The Hall–Kier alpha value is -2.60. The van der Waals surface area contributed by atoms with Crippen LogP contribution >= 0.6 is 0 Å². The molecule has 2 heterocycles. The van der Waals surface area contributed by atoms with E-state index in [9.17, 15) is 26.4 Å². The van der Waals surface area contributed by atoms with Crippen molar-refractivity contribution in [1.29, 1.82) is 0 Å². The Morgan fingerprint density at radius 3 is 2.31 bits per heavy atom. The summed E-state index contributed by atoms with van der Waals surface area (Å²) < 4.78 is 69.3. The van der Waals surface area contributed by atoms with Crippen molar-refractivity contribution in [2.24, 2.45) is 0 Å². The van der Waals surface area contributed by atoms with Crippen molar-refractivity contribution in [2.75, 3.05) is 26.2 Å². The zero-order valence-corrected chi connectivity index (χ0v) is 16.3. The van der Waals surface area contributed by atoms with Crippen LogP contribution in [-0.4, -0.2) is 55.0 Å². The number of aryl methyl sites for hydroxylation is 1. The minimum atomic E-state index is -4.54. The third-order valence-corrected chi connectivity index (χ3v) is 6.36. The summed E-state index contributed by atoms with van der Waals surface area (Å²) in [5, 5.41) is 6.44. The first-order chi connectivity index (χ1) is 13.6. The highest BCUT2D eigenvalue weighted by atomic mass is 32.2. The fourth-order valence-electron chi connectivity index (χ4n) is 2.88. The summed E-state index contributed by atoms with van der Waals surface area (Å²) in [5.74, 6) is 0.622. The number of carbonyl (C=O) groups is 1. The van der Waals surface area contributed by atoms with E-state index in [1.807, 2.05) is 0 Å². The second kappa shape index (κ2) is 8.03. The highest BCUT2D eigenvalue weighted by molar-refractivity contribution is 7.89. The lowest BCUT2D eigenvalue weighted by Gasteiger charge is -2.34. The number of alkyl halides is 3. The van der Waals surface area contributed by atoms with Crippen LogP contribution in [0.4, 0.5) is 18.0 Å². The monoisotopic (exact) mass is 432 g/mol. The molecule has 12 heteroatoms. The Bertz CT molecular complexity index is 965. The lowest BCUT2D eigenvalue weighted by molar-refractivity contribution is -0.137. The summed E-state index contributed by atoms with van der Waals surface area (Å²) in [6.07, 6.45) is -4.54. The Balaban J connectivity index is 1.57. The van der Waals surface area contributed by atoms with Crippen LogP contribution in [0.5, 0.6) is 0 Å². The van der Waals surface area contributed by atoms with Crippen molar-refractivity contribution >= 4 is 16.1 Å². The third-order valence-electron chi connectivity index (χ3n) is 4.44. The first kappa shape index (κ1) is 21.1. The van der Waals surface area contributed by atoms with E-state index >= 15 is 0 Å². The predicted octanol–water partition coefficient (Wildman–Crippen LogP) is 2.22. The molecule has 1 saturated heterocycles. The second-order valence-corrected chi connectivity index (χ2v) is 8.44. The van der Waals surface area contributed by atoms with E-state index < -0.39 is 21.8 Å². The predicted molar refractivity (Wildman–Crippen MR) is 95.3 cm³/mol. The van der Waals surface area contributed by atoms with Crippen LogP contribution in [0.25, 0.3) is 0 Å². The molecule has 0 saturated carbocycles. The maximum atomic E-state index is 12.6. The number of amides is 2. The Morgan fingerprint density at radius 1 is 1.17 bits per heavy atom. The smallest absolute Gasteiger partial charge is 0.361 e. The topological polar surface area (TPSA) is 95.8 Å². The fourth-order valence-corrected chi connectivity index (χ4v) is 4.30. The number of rotatable bonds is 4. The molecule has 1 aromatic carbocycles. The largest absolute Gasteiger partial charge is 0.416 e. The summed E-state index contributed by atoms with van der Waals surface area (Å²) in [4.78, 5) is 13.5. The van der Waals surface area contributed by atoms with E-state index in [1.165, 1.54) is 4.90 Å². The van der Waals surface area contributed by atoms with Gasteiger partial charge in [-0.05, 0) is 31.2 Å². The van der Waals surface area contributed by atoms with Gasteiger partial charge in [0.2, 0.25) is 10.0 Å². The molecule has 29 heavy (non-hydrogen) atoms. The molecule has 0 unspecified atom stereocenters. The van der Waals surface area contributed by atoms with Crippen molar-refractivity contribution in [1.82, 2.24) is 19.7 Å². The van der Waals surface area contributed by atoms with E-state index in [0.717, 1.165) is 28.6 Å². The lowest BCUT2D eigenvalue weighted by Crippen LogP contribution is -2.52. The molecule has 0 spiro atoms. The van der Waals surface area contributed by atoms with Crippen molar-refractivity contribution in [3.63, 3.8) is 0 Å². The minimum absolute atomic E-state index is 0.0415. The molecule has 158 valence electrons. The van der Waals surface area contributed by atoms with Gasteiger partial charge in [-0.15, -0.1) is 0 Å². The molecule has 2 aromatic rings. The first-order valence-electron chi connectivity index (χ1n) is 8.70. The number of piperazine rings is 1. The number of halogens is 3. The molecule has 3 rings (SSSR count). The molecule has 0 atom stereocenters. The van der Waals surface area contributed by atoms with Gasteiger partial charge in [-0.2, -0.15) is 17.5 Å². The molecule has 0 bridgehead atoms. The van der Waals surface area contributed by atoms with Crippen molar-refractivity contribution < 1.29 is 30.9 Å². The van der Waals surface area contributed by atoms with Gasteiger partial charge >= 0.3 is 12.2 Å². The molecule has 0 radical (unpaired) electrons. The highest BCUT2D eigenvalue weighted by Crippen LogP contribution is 2.30. The molecule has 1 aliphatic heterocycles. The van der Waals surface area contributed by atoms with Crippen LogP contribution in [0.3, 0.4) is 0 Å². The molecular weight excluding hydrogens is 413 g/mol. The molecule has 1 fully saturated rings. The van der Waals surface area contributed by atoms with Gasteiger partial charge in [0, 0.05) is 32.2 Å². The SMILES string of the molecule is Cc1cc(CNC(=O)N2CCN(S(=O)(=O)c3ccc(C(F)(F)F)cc3)CC2)no1. The average molecular weight is 432 g/mol. The number of nitrogens with zero attached hydrogens (tertiary/aromatic N) is 3. The van der Waals surface area contributed by atoms with E-state index in [1.54, 1.807) is 13.0 Å². The first-order valence-corrected chi connectivity index (χ1v) is 10.1. The summed E-state index contributed by atoms with van der Waals surface area (Å²) in [6.45, 7) is 2.31. The summed E-state index contributed by atoms with van der Waals surface area (Å²) >= 11 is 0. The Labute approximate surface area is 165 Å². The van der Waals surface area contributed by atoms with Gasteiger partial charge in [-0.3, -0.25) is 0 Å². The number of hydrogen-bond acceptors (Lipinski definition) is 5. The van der Waals surface area contributed by atoms with Crippen LogP contribution in [-0.2, 0) is 22.7 Å². The molecular formula is C17H19F3N4O4S. The van der Waals surface area contributed by atoms with E-state index in [-0.39, 0.29) is 43.7 Å². The van der Waals surface area contributed by atoms with Gasteiger partial charge in [0.1, 0.15) is 11.5 Å². The quantitative estimate of drug-likeness (QED) is 0.799. The molecule has 1 aliphatic rings. The van der Waals surface area contributed by atoms with Crippen molar-refractivity contribution in [3.8, 4) is 0 Å². The third kappa shape index (κ3) is 4.88. The van der Waals surface area contributed by atoms with Crippen LogP contribution < -0.4 is 5.32 Å². The summed E-state index contributed by atoms with van der Waals surface area (Å²) in [7, 11) is -3.94. The lowest BCUT2D eigenvalue weighted by atomic mass is 10.2. The molecule has 1 N–H and O–H groups in total. The van der Waals surface area contributed by atoms with Gasteiger partial charge in [0.25, 0.3) is 0 Å². The number of benzene rings is 1. The molecule has 8 nitrogen and oxygen atoms in total. The Kier molecular flexibility index (Phi) is 5.85. The van der Waals surface area contributed by atoms with Gasteiger partial charge < -0.3 is 14.7 Å². The summed E-state index contributed by atoms with van der Waals surface area (Å²) in [5.41, 5.74) is -0.348. The number of carbonyl (C=O) groups excluding carboxylic acids is 1. The van der Waals surface area contributed by atoms with E-state index in [2.05, 4.69) is 10.5 Å². The van der Waals surface area contributed by atoms with E-state index in [4.69, 9.17) is 4.52 Å². The van der Waals surface area contributed by atoms with Crippen LogP contribution in [0.15, 0.2) is 39.8 Å². The number of sulfonamides is 1. The van der Waals surface area contributed by atoms with Crippen LogP contribution in [0.2, 0.25) is 0 Å². The van der Waals surface area contributed by atoms with Crippen LogP contribution in [0, 0.1) is 6.92 Å². The number of nitrogens with one attached hydrogen (secondary N) is 1. The Morgan fingerprint density at radius 2 is 1.79 bits per heavy atom. The number of urea groups is 1. The maximum absolute atomic E-state index is 12.6.